The summed E-state index contributed by atoms with van der Waals surface area (Å²) in [5.74, 6) is 0. The Morgan fingerprint density at radius 2 is 1.87 bits per heavy atom. The molecule has 0 heterocycles. The van der Waals surface area contributed by atoms with Gasteiger partial charge in [-0.25, -0.2) is 0 Å². The molecule has 0 aliphatic rings. The van der Waals surface area contributed by atoms with Crippen molar-refractivity contribution >= 4 is 6.21 Å². The number of unbranched alkanes of at least 4 members (excludes halogenated alkanes) is 3. The Hall–Kier alpha value is -1.11. The van der Waals surface area contributed by atoms with Crippen LogP contribution in [-0.4, -0.2) is 6.21 Å². The minimum atomic E-state index is 0.826. The van der Waals surface area contributed by atoms with Crippen molar-refractivity contribution in [3.8, 4) is 0 Å². The maximum Gasteiger partial charge on any atom is 0.0635 e. The maximum atomic E-state index is 4.42. The molecule has 0 saturated heterocycles. The third-order valence-corrected chi connectivity index (χ3v) is 2.46. The summed E-state index contributed by atoms with van der Waals surface area (Å²) in [4.78, 5) is 4.42. The highest BCUT2D eigenvalue weighted by molar-refractivity contribution is 5.57. The second kappa shape index (κ2) is 7.22. The van der Waals surface area contributed by atoms with E-state index in [1.165, 1.54) is 30.4 Å². The predicted octanol–water partition coefficient (Wildman–Crippen LogP) is 4.15. The van der Waals surface area contributed by atoms with Crippen LogP contribution >= 0.6 is 0 Å². The number of aryl methyl sites for hydroxylation is 1. The molecule has 0 radical (unpaired) electrons. The summed E-state index contributed by atoms with van der Waals surface area (Å²) in [7, 11) is 0. The fraction of sp³-hybridized carbons (Fsp3) is 0.500. The first-order chi connectivity index (χ1) is 7.33. The molecule has 0 atom stereocenters. The van der Waals surface area contributed by atoms with Gasteiger partial charge in [0.15, 0.2) is 0 Å². The van der Waals surface area contributed by atoms with Crippen molar-refractivity contribution in [1.82, 2.24) is 0 Å². The van der Waals surface area contributed by atoms with Gasteiger partial charge in [0.05, 0.1) is 6.54 Å². The largest absolute Gasteiger partial charge is 0.293 e. The fourth-order valence-electron chi connectivity index (χ4n) is 1.44. The Morgan fingerprint density at radius 1 is 1.13 bits per heavy atom. The van der Waals surface area contributed by atoms with Crippen LogP contribution < -0.4 is 0 Å². The molecule has 1 aromatic rings. The zero-order valence-electron chi connectivity index (χ0n) is 9.87. The molecule has 15 heavy (non-hydrogen) atoms. The van der Waals surface area contributed by atoms with Crippen molar-refractivity contribution in [2.24, 2.45) is 4.99 Å². The van der Waals surface area contributed by atoms with Gasteiger partial charge in [0.2, 0.25) is 0 Å². The van der Waals surface area contributed by atoms with Crippen molar-refractivity contribution in [2.45, 2.75) is 46.1 Å². The molecule has 0 N–H and O–H groups in total. The molecule has 0 aliphatic heterocycles. The van der Waals surface area contributed by atoms with E-state index in [0.717, 1.165) is 13.0 Å². The van der Waals surface area contributed by atoms with Crippen molar-refractivity contribution in [3.05, 3.63) is 35.4 Å². The van der Waals surface area contributed by atoms with E-state index >= 15 is 0 Å². The van der Waals surface area contributed by atoms with Gasteiger partial charge in [0.25, 0.3) is 0 Å². The monoisotopic (exact) mass is 203 g/mol. The molecular formula is C14H21N. The third-order valence-electron chi connectivity index (χ3n) is 2.46. The van der Waals surface area contributed by atoms with Gasteiger partial charge in [-0.2, -0.15) is 0 Å². The van der Waals surface area contributed by atoms with Crippen molar-refractivity contribution < 1.29 is 0 Å². The van der Waals surface area contributed by atoms with Gasteiger partial charge in [-0.1, -0.05) is 49.6 Å². The summed E-state index contributed by atoms with van der Waals surface area (Å²) in [6, 6.07) is 8.58. The highest BCUT2D eigenvalue weighted by atomic mass is 14.7. The van der Waals surface area contributed by atoms with E-state index < -0.39 is 0 Å². The van der Waals surface area contributed by atoms with E-state index in [1.54, 1.807) is 0 Å². The Bertz CT molecular complexity index is 285. The van der Waals surface area contributed by atoms with Crippen LogP contribution in [0, 0.1) is 6.92 Å². The molecule has 1 nitrogen and oxygen atoms in total. The number of hydrogen-bond acceptors (Lipinski definition) is 1. The Labute approximate surface area is 93.2 Å². The van der Waals surface area contributed by atoms with Crippen LogP contribution in [0.25, 0.3) is 0 Å². The second-order valence-corrected chi connectivity index (χ2v) is 4.00. The van der Waals surface area contributed by atoms with Gasteiger partial charge in [-0.3, -0.25) is 4.99 Å². The van der Waals surface area contributed by atoms with Gasteiger partial charge >= 0.3 is 0 Å². The Morgan fingerprint density at radius 3 is 2.53 bits per heavy atom. The number of nitrogens with zero attached hydrogens (tertiary/aromatic N) is 1. The quantitative estimate of drug-likeness (QED) is 0.486. The molecule has 0 spiro atoms. The third kappa shape index (κ3) is 5.36. The molecular weight excluding hydrogens is 182 g/mol. The number of aliphatic imine (C=N–C) groups is 1. The van der Waals surface area contributed by atoms with Gasteiger partial charge < -0.3 is 0 Å². The number of rotatable bonds is 6. The number of benzene rings is 1. The molecule has 0 bridgehead atoms. The zero-order chi connectivity index (χ0) is 10.9. The van der Waals surface area contributed by atoms with Crippen LogP contribution in [0.15, 0.2) is 29.3 Å². The molecule has 0 aliphatic carbocycles. The van der Waals surface area contributed by atoms with Crippen LogP contribution in [0.5, 0.6) is 0 Å². The van der Waals surface area contributed by atoms with Gasteiger partial charge in [0, 0.05) is 0 Å². The molecule has 1 rings (SSSR count). The summed E-state index contributed by atoms with van der Waals surface area (Å²) in [6.45, 7) is 5.16. The topological polar surface area (TPSA) is 12.4 Å². The normalized spacial score (nSPS) is 11.1. The van der Waals surface area contributed by atoms with E-state index in [9.17, 15) is 0 Å². The average molecular weight is 203 g/mol. The molecule has 1 aromatic carbocycles. The zero-order valence-corrected chi connectivity index (χ0v) is 9.87. The van der Waals surface area contributed by atoms with Crippen LogP contribution in [0.2, 0.25) is 0 Å². The van der Waals surface area contributed by atoms with Crippen LogP contribution in [0.4, 0.5) is 0 Å². The lowest BCUT2D eigenvalue weighted by atomic mass is 10.1. The lowest BCUT2D eigenvalue weighted by Crippen LogP contribution is -1.83. The van der Waals surface area contributed by atoms with E-state index in [1.807, 2.05) is 0 Å². The van der Waals surface area contributed by atoms with Crippen LogP contribution in [0.3, 0.4) is 0 Å². The summed E-state index contributed by atoms with van der Waals surface area (Å²) in [5, 5.41) is 0. The highest BCUT2D eigenvalue weighted by Crippen LogP contribution is 2.04. The lowest BCUT2D eigenvalue weighted by Gasteiger charge is -1.97. The van der Waals surface area contributed by atoms with E-state index in [2.05, 4.69) is 49.3 Å². The maximum absolute atomic E-state index is 4.42. The van der Waals surface area contributed by atoms with Gasteiger partial charge in [-0.05, 0) is 31.5 Å². The fourth-order valence-corrected chi connectivity index (χ4v) is 1.44. The molecule has 0 unspecified atom stereocenters. The predicted molar refractivity (Wildman–Crippen MR) is 67.5 cm³/mol. The second-order valence-electron chi connectivity index (χ2n) is 4.00. The molecule has 1 heteroatoms. The molecule has 0 fully saturated rings. The van der Waals surface area contributed by atoms with Crippen LogP contribution in [-0.2, 0) is 6.54 Å². The van der Waals surface area contributed by atoms with Crippen molar-refractivity contribution in [1.29, 1.82) is 0 Å². The summed E-state index contributed by atoms with van der Waals surface area (Å²) >= 11 is 0. The number of hydrogen-bond donors (Lipinski definition) is 0. The van der Waals surface area contributed by atoms with Gasteiger partial charge in [-0.15, -0.1) is 0 Å². The first-order valence-corrected chi connectivity index (χ1v) is 5.86. The Balaban J connectivity index is 2.22. The standard InChI is InChI=1S/C14H21N/c1-3-4-5-6-11-15-12-14-9-7-13(2)8-10-14/h7-11H,3-6,12H2,1-2H3. The molecule has 82 valence electrons. The smallest absolute Gasteiger partial charge is 0.0635 e. The summed E-state index contributed by atoms with van der Waals surface area (Å²) in [5.41, 5.74) is 2.61. The van der Waals surface area contributed by atoms with Gasteiger partial charge in [0.1, 0.15) is 0 Å². The lowest BCUT2D eigenvalue weighted by molar-refractivity contribution is 0.745. The van der Waals surface area contributed by atoms with Crippen molar-refractivity contribution in [3.63, 3.8) is 0 Å². The minimum Gasteiger partial charge on any atom is -0.293 e. The van der Waals surface area contributed by atoms with E-state index in [-0.39, 0.29) is 0 Å². The van der Waals surface area contributed by atoms with Crippen molar-refractivity contribution in [2.75, 3.05) is 0 Å². The first-order valence-electron chi connectivity index (χ1n) is 5.86. The van der Waals surface area contributed by atoms with Crippen LogP contribution in [0.1, 0.15) is 43.7 Å². The van der Waals surface area contributed by atoms with E-state index in [4.69, 9.17) is 0 Å². The highest BCUT2D eigenvalue weighted by Gasteiger charge is 1.89. The molecule has 0 aromatic heterocycles. The van der Waals surface area contributed by atoms with E-state index in [0.29, 0.717) is 0 Å². The SMILES string of the molecule is CCCCCC=NCc1ccc(C)cc1. The summed E-state index contributed by atoms with van der Waals surface area (Å²) < 4.78 is 0. The first kappa shape index (κ1) is 12.0. The minimum absolute atomic E-state index is 0.826. The Kier molecular flexibility index (Phi) is 5.76. The molecule has 0 saturated carbocycles. The summed E-state index contributed by atoms with van der Waals surface area (Å²) in [6.07, 6.45) is 7.06. The average Bonchev–Trinajstić information content (AvgIpc) is 2.26. The molecule has 0 amide bonds.